The third-order valence-electron chi connectivity index (χ3n) is 4.76. The van der Waals surface area contributed by atoms with Crippen molar-refractivity contribution in [1.82, 2.24) is 19.4 Å². The van der Waals surface area contributed by atoms with Gasteiger partial charge in [-0.3, -0.25) is 0 Å². The molecule has 0 unspecified atom stereocenters. The van der Waals surface area contributed by atoms with E-state index in [0.29, 0.717) is 24.9 Å². The van der Waals surface area contributed by atoms with E-state index in [2.05, 4.69) is 30.5 Å². The average molecular weight is 339 g/mol. The minimum atomic E-state index is -1.97. The molecule has 0 radical (unpaired) electrons. The van der Waals surface area contributed by atoms with Gasteiger partial charge < -0.3 is 15.2 Å². The summed E-state index contributed by atoms with van der Waals surface area (Å²) in [5, 5.41) is 0.851. The molecule has 3 heterocycles. The maximum Gasteiger partial charge on any atom is 0.146 e. The molecule has 6 heteroatoms. The van der Waals surface area contributed by atoms with E-state index >= 15 is 0 Å². The van der Waals surface area contributed by atoms with Gasteiger partial charge >= 0.3 is 0 Å². The maximum atomic E-state index is 7.57. The Balaban J connectivity index is 1.57. The van der Waals surface area contributed by atoms with Crippen molar-refractivity contribution < 1.29 is 4.11 Å². The first-order valence-corrected chi connectivity index (χ1v) is 7.60. The third kappa shape index (κ3) is 1.71. The highest BCUT2D eigenvalue weighted by molar-refractivity contribution is 9.10. The van der Waals surface area contributed by atoms with Crippen molar-refractivity contribution in [2.75, 3.05) is 25.8 Å². The van der Waals surface area contributed by atoms with Crippen LogP contribution >= 0.6 is 15.9 Å². The molecule has 1 saturated carbocycles. The lowest BCUT2D eigenvalue weighted by atomic mass is 9.65. The summed E-state index contributed by atoms with van der Waals surface area (Å²) in [6.07, 6.45) is 6.43. The van der Waals surface area contributed by atoms with E-state index in [1.54, 1.807) is 4.90 Å². The minimum Gasteiger partial charge on any atom is -0.383 e. The second kappa shape index (κ2) is 4.18. The largest absolute Gasteiger partial charge is 0.383 e. The Morgan fingerprint density at radius 1 is 1.50 bits per heavy atom. The van der Waals surface area contributed by atoms with E-state index in [9.17, 15) is 0 Å². The van der Waals surface area contributed by atoms with E-state index in [1.807, 2.05) is 6.20 Å². The summed E-state index contributed by atoms with van der Waals surface area (Å²) in [5.41, 5.74) is 6.93. The normalized spacial score (nSPS) is 33.0. The van der Waals surface area contributed by atoms with Crippen LogP contribution in [-0.2, 0) is 0 Å². The maximum absolute atomic E-state index is 7.57. The molecule has 106 valence electrons. The van der Waals surface area contributed by atoms with Crippen molar-refractivity contribution in [1.29, 1.82) is 0 Å². The molecule has 2 aliphatic rings. The van der Waals surface area contributed by atoms with Crippen molar-refractivity contribution in [3.05, 3.63) is 17.0 Å². The molecule has 5 nitrogen and oxygen atoms in total. The fourth-order valence-electron chi connectivity index (χ4n) is 3.75. The van der Waals surface area contributed by atoms with Crippen molar-refractivity contribution in [3.63, 3.8) is 0 Å². The first kappa shape index (κ1) is 9.73. The van der Waals surface area contributed by atoms with Gasteiger partial charge in [0.2, 0.25) is 0 Å². The number of halogens is 1. The highest BCUT2D eigenvalue weighted by Gasteiger charge is 2.48. The van der Waals surface area contributed by atoms with Gasteiger partial charge in [-0.25, -0.2) is 9.97 Å². The number of hydrogen-bond donors (Lipinski definition) is 1. The van der Waals surface area contributed by atoms with Crippen LogP contribution < -0.4 is 5.73 Å². The number of aromatic nitrogens is 3. The summed E-state index contributed by atoms with van der Waals surface area (Å²) in [7, 11) is 0. The Morgan fingerprint density at radius 2 is 2.35 bits per heavy atom. The molecule has 4 rings (SSSR count). The molecule has 1 aliphatic carbocycles. The molecule has 1 aliphatic heterocycles. The zero-order valence-electron chi connectivity index (χ0n) is 14.0. The number of nitrogens with two attached hydrogens (primary N) is 1. The van der Waals surface area contributed by atoms with E-state index < -0.39 is 6.98 Å². The average Bonchev–Trinajstić information content (AvgIpc) is 3.00. The summed E-state index contributed by atoms with van der Waals surface area (Å²) in [6, 6.07) is 0.342. The van der Waals surface area contributed by atoms with E-state index in [4.69, 9.17) is 9.85 Å². The number of rotatable bonds is 1. The first-order valence-electron chi connectivity index (χ1n) is 8.31. The van der Waals surface area contributed by atoms with Crippen LogP contribution in [0.2, 0.25) is 0 Å². The standard InChI is InChI=1S/C14H18BrN5/c1-19-3-2-14(7-19)4-9(5-14)20-6-10(15)11-12(16)17-8-18-13(11)20/h6,8-9H,2-5,7H2,1H3,(H2,16,17,18)/i1D3. The molecule has 2 fully saturated rings. The van der Waals surface area contributed by atoms with Crippen LogP contribution in [0.15, 0.2) is 17.0 Å². The second-order valence-corrected chi connectivity index (χ2v) is 6.93. The Bertz CT molecular complexity index is 766. The Labute approximate surface area is 130 Å². The summed E-state index contributed by atoms with van der Waals surface area (Å²) in [5.74, 6) is 0.476. The van der Waals surface area contributed by atoms with Gasteiger partial charge in [0.05, 0.1) is 5.39 Å². The lowest BCUT2D eigenvalue weighted by Gasteiger charge is -2.46. The molecular formula is C14H18BrN5. The lowest BCUT2D eigenvalue weighted by Crippen LogP contribution is -2.40. The molecule has 1 saturated heterocycles. The van der Waals surface area contributed by atoms with Crippen LogP contribution in [0.5, 0.6) is 0 Å². The molecule has 20 heavy (non-hydrogen) atoms. The molecule has 1 spiro atoms. The smallest absolute Gasteiger partial charge is 0.146 e. The van der Waals surface area contributed by atoms with Crippen LogP contribution in [0.1, 0.15) is 29.4 Å². The van der Waals surface area contributed by atoms with Crippen LogP contribution in [0.4, 0.5) is 5.82 Å². The van der Waals surface area contributed by atoms with Crippen LogP contribution in [0.25, 0.3) is 11.0 Å². The molecule has 0 atom stereocenters. The monoisotopic (exact) mass is 338 g/mol. The molecule has 0 bridgehead atoms. The Kier molecular flexibility index (Phi) is 2.03. The summed E-state index contributed by atoms with van der Waals surface area (Å²) in [4.78, 5) is 10.1. The number of hydrogen-bond acceptors (Lipinski definition) is 4. The molecular weight excluding hydrogens is 318 g/mol. The Morgan fingerprint density at radius 3 is 3.10 bits per heavy atom. The van der Waals surface area contributed by atoms with Gasteiger partial charge in [-0.15, -0.1) is 0 Å². The highest BCUT2D eigenvalue weighted by atomic mass is 79.9. The number of fused-ring (bicyclic) bond motifs is 1. The van der Waals surface area contributed by atoms with Crippen molar-refractivity contribution >= 4 is 32.8 Å². The number of anilines is 1. The third-order valence-corrected chi connectivity index (χ3v) is 5.36. The molecule has 0 aromatic carbocycles. The summed E-state index contributed by atoms with van der Waals surface area (Å²) < 4.78 is 25.8. The fraction of sp³-hybridized carbons (Fsp3) is 0.571. The highest BCUT2D eigenvalue weighted by Crippen LogP contribution is 2.54. The van der Waals surface area contributed by atoms with Crippen molar-refractivity contribution in [2.45, 2.75) is 25.3 Å². The predicted octanol–water partition coefficient (Wildman–Crippen LogP) is 2.43. The molecule has 2 aromatic rings. The van der Waals surface area contributed by atoms with Crippen molar-refractivity contribution in [3.8, 4) is 0 Å². The SMILES string of the molecule is [2H]C([2H])([2H])N1CCC2(CC(n3cc(Br)c4c(N)ncnc43)C2)C1. The van der Waals surface area contributed by atoms with Crippen LogP contribution in [-0.4, -0.2) is 39.5 Å². The van der Waals surface area contributed by atoms with Gasteiger partial charge in [-0.2, -0.15) is 0 Å². The zero-order valence-corrected chi connectivity index (χ0v) is 12.6. The zero-order chi connectivity index (χ0) is 16.4. The fourth-order valence-corrected chi connectivity index (χ4v) is 4.35. The van der Waals surface area contributed by atoms with Gasteiger partial charge in [0.15, 0.2) is 0 Å². The topological polar surface area (TPSA) is 60.0 Å². The van der Waals surface area contributed by atoms with Gasteiger partial charge in [0, 0.05) is 27.4 Å². The quantitative estimate of drug-likeness (QED) is 0.867. The predicted molar refractivity (Wildman–Crippen MR) is 82.5 cm³/mol. The Hall–Kier alpha value is -1.14. The van der Waals surface area contributed by atoms with Gasteiger partial charge in [-0.05, 0) is 54.1 Å². The van der Waals surface area contributed by atoms with Gasteiger partial charge in [-0.1, -0.05) is 0 Å². The number of likely N-dealkylation sites (tertiary alicyclic amines) is 1. The minimum absolute atomic E-state index is 0.140. The van der Waals surface area contributed by atoms with E-state index in [1.165, 1.54) is 6.33 Å². The van der Waals surface area contributed by atoms with Crippen LogP contribution in [0.3, 0.4) is 0 Å². The second-order valence-electron chi connectivity index (χ2n) is 6.08. The molecule has 2 aromatic heterocycles. The first-order chi connectivity index (χ1) is 10.8. The van der Waals surface area contributed by atoms with Crippen molar-refractivity contribution in [2.24, 2.45) is 5.41 Å². The van der Waals surface area contributed by atoms with E-state index in [-0.39, 0.29) is 5.41 Å². The van der Waals surface area contributed by atoms with Crippen LogP contribution in [0, 0.1) is 5.41 Å². The summed E-state index contributed by atoms with van der Waals surface area (Å²) >= 11 is 3.54. The number of nitrogen functional groups attached to an aromatic ring is 1. The molecule has 0 amide bonds. The van der Waals surface area contributed by atoms with Gasteiger partial charge in [0.25, 0.3) is 0 Å². The van der Waals surface area contributed by atoms with Gasteiger partial charge in [0.1, 0.15) is 17.8 Å². The number of nitrogens with zero attached hydrogens (tertiary/aromatic N) is 4. The van der Waals surface area contributed by atoms with E-state index in [0.717, 1.165) is 34.8 Å². The summed E-state index contributed by atoms with van der Waals surface area (Å²) in [6.45, 7) is -0.647. The lowest BCUT2D eigenvalue weighted by molar-refractivity contribution is 0.0758. The molecule has 2 N–H and O–H groups in total.